The molecule has 0 aromatic rings. The zero-order valence-electron chi connectivity index (χ0n) is 7.68. The molecule has 0 aromatic carbocycles. The summed E-state index contributed by atoms with van der Waals surface area (Å²) in [4.78, 5) is 22.3. The molecule has 1 aliphatic heterocycles. The minimum absolute atomic E-state index is 0.333. The molecule has 2 amide bonds. The Kier molecular flexibility index (Phi) is 2.46. The second-order valence-corrected chi connectivity index (χ2v) is 2.89. The number of hydrogen-bond donors (Lipinski definition) is 1. The number of carbonyl (C=O) groups is 2. The molecule has 68 valence electrons. The van der Waals surface area contributed by atoms with Crippen molar-refractivity contribution in [2.75, 3.05) is 0 Å². The molecular formula is C10H11NO2. The second-order valence-electron chi connectivity index (χ2n) is 2.89. The van der Waals surface area contributed by atoms with Crippen molar-refractivity contribution in [1.29, 1.82) is 0 Å². The van der Waals surface area contributed by atoms with Crippen molar-refractivity contribution in [2.45, 2.75) is 13.8 Å². The van der Waals surface area contributed by atoms with Gasteiger partial charge in [-0.2, -0.15) is 0 Å². The molecule has 0 aliphatic carbocycles. The summed E-state index contributed by atoms with van der Waals surface area (Å²) in [5.41, 5.74) is 1.58. The molecule has 0 bridgehead atoms. The smallest absolute Gasteiger partial charge is 0.258 e. The minimum Gasteiger partial charge on any atom is -0.288 e. The van der Waals surface area contributed by atoms with Crippen molar-refractivity contribution < 1.29 is 9.59 Å². The first kappa shape index (κ1) is 9.45. The lowest BCUT2D eigenvalue weighted by atomic mass is 10.1. The molecule has 1 heterocycles. The largest absolute Gasteiger partial charge is 0.288 e. The Bertz CT molecular complexity index is 348. The lowest BCUT2D eigenvalue weighted by Gasteiger charge is -1.93. The quantitative estimate of drug-likeness (QED) is 0.481. The molecule has 3 heteroatoms. The molecule has 1 N–H and O–H groups in total. The van der Waals surface area contributed by atoms with Crippen LogP contribution in [0.2, 0.25) is 0 Å². The van der Waals surface area contributed by atoms with Crippen molar-refractivity contribution >= 4 is 11.8 Å². The lowest BCUT2D eigenvalue weighted by Crippen LogP contribution is -2.19. The van der Waals surface area contributed by atoms with Crippen LogP contribution in [-0.2, 0) is 9.59 Å². The van der Waals surface area contributed by atoms with Crippen LogP contribution >= 0.6 is 0 Å². The van der Waals surface area contributed by atoms with Crippen LogP contribution in [0.3, 0.4) is 0 Å². The van der Waals surface area contributed by atoms with Gasteiger partial charge in [0, 0.05) is 5.57 Å². The van der Waals surface area contributed by atoms with Crippen LogP contribution in [0, 0.1) is 0 Å². The highest BCUT2D eigenvalue weighted by molar-refractivity contribution is 6.24. The molecule has 0 radical (unpaired) electrons. The first-order chi connectivity index (χ1) is 6.06. The van der Waals surface area contributed by atoms with Crippen molar-refractivity contribution in [3.8, 4) is 0 Å². The van der Waals surface area contributed by atoms with Gasteiger partial charge < -0.3 is 0 Å². The second kappa shape index (κ2) is 3.39. The average Bonchev–Trinajstić information content (AvgIpc) is 2.26. The van der Waals surface area contributed by atoms with E-state index in [-0.39, 0.29) is 11.8 Å². The zero-order chi connectivity index (χ0) is 10.0. The van der Waals surface area contributed by atoms with Crippen LogP contribution in [0.1, 0.15) is 13.8 Å². The summed E-state index contributed by atoms with van der Waals surface area (Å²) in [5, 5.41) is 2.22. The SMILES string of the molecule is C=C(C)/C=C1/C(=O)NC(=O)/C1=C/C. The van der Waals surface area contributed by atoms with Crippen LogP contribution in [0.4, 0.5) is 0 Å². The highest BCUT2D eigenvalue weighted by Crippen LogP contribution is 2.18. The van der Waals surface area contributed by atoms with Gasteiger partial charge in [0.15, 0.2) is 0 Å². The molecule has 3 nitrogen and oxygen atoms in total. The maximum Gasteiger partial charge on any atom is 0.258 e. The fourth-order valence-electron chi connectivity index (χ4n) is 1.16. The standard InChI is InChI=1S/C10H11NO2/c1-4-7-8(5-6(2)3)10(13)11-9(7)12/h4-5H,2H2,1,3H3,(H,11,12,13)/b7-4+,8-5+. The Labute approximate surface area is 76.8 Å². The van der Waals surface area contributed by atoms with Gasteiger partial charge in [-0.15, -0.1) is 0 Å². The minimum atomic E-state index is -0.346. The highest BCUT2D eigenvalue weighted by Gasteiger charge is 2.29. The van der Waals surface area contributed by atoms with Gasteiger partial charge in [0.1, 0.15) is 0 Å². The number of carbonyl (C=O) groups excluding carboxylic acids is 2. The number of hydrogen-bond acceptors (Lipinski definition) is 2. The number of allylic oxidation sites excluding steroid dienone is 3. The normalized spacial score (nSPS) is 22.6. The van der Waals surface area contributed by atoms with E-state index in [1.807, 2.05) is 0 Å². The van der Waals surface area contributed by atoms with Crippen LogP contribution < -0.4 is 5.32 Å². The maximum atomic E-state index is 11.2. The summed E-state index contributed by atoms with van der Waals surface area (Å²) < 4.78 is 0. The Morgan fingerprint density at radius 1 is 1.31 bits per heavy atom. The summed E-state index contributed by atoms with van der Waals surface area (Å²) in [5.74, 6) is -0.680. The summed E-state index contributed by atoms with van der Waals surface area (Å²) >= 11 is 0. The van der Waals surface area contributed by atoms with E-state index in [2.05, 4.69) is 11.9 Å². The maximum absolute atomic E-state index is 11.2. The van der Waals surface area contributed by atoms with Crippen molar-refractivity contribution in [1.82, 2.24) is 5.32 Å². The third-order valence-corrected chi connectivity index (χ3v) is 1.69. The van der Waals surface area contributed by atoms with Crippen molar-refractivity contribution in [2.24, 2.45) is 0 Å². The van der Waals surface area contributed by atoms with Gasteiger partial charge in [0.25, 0.3) is 11.8 Å². The van der Waals surface area contributed by atoms with Gasteiger partial charge in [0.05, 0.1) is 5.57 Å². The molecule has 0 spiro atoms. The van der Waals surface area contributed by atoms with Gasteiger partial charge >= 0.3 is 0 Å². The van der Waals surface area contributed by atoms with E-state index in [0.717, 1.165) is 5.57 Å². The van der Waals surface area contributed by atoms with E-state index >= 15 is 0 Å². The molecule has 0 atom stereocenters. The van der Waals surface area contributed by atoms with Crippen LogP contribution in [0.15, 0.2) is 35.5 Å². The van der Waals surface area contributed by atoms with Gasteiger partial charge in [-0.25, -0.2) is 0 Å². The van der Waals surface area contributed by atoms with E-state index < -0.39 is 0 Å². The topological polar surface area (TPSA) is 46.2 Å². The molecule has 1 aliphatic rings. The van der Waals surface area contributed by atoms with Crippen molar-refractivity contribution in [3.63, 3.8) is 0 Å². The van der Waals surface area contributed by atoms with E-state index in [4.69, 9.17) is 0 Å². The van der Waals surface area contributed by atoms with E-state index in [9.17, 15) is 9.59 Å². The highest BCUT2D eigenvalue weighted by atomic mass is 16.2. The number of imide groups is 1. The molecule has 0 unspecified atom stereocenters. The van der Waals surface area contributed by atoms with Crippen molar-refractivity contribution in [3.05, 3.63) is 35.5 Å². The number of amides is 2. The summed E-state index contributed by atoms with van der Waals surface area (Å²) in [6, 6.07) is 0. The monoisotopic (exact) mass is 177 g/mol. The Morgan fingerprint density at radius 2 is 1.85 bits per heavy atom. The average molecular weight is 177 g/mol. The molecule has 1 fully saturated rings. The van der Waals surface area contributed by atoms with E-state index in [0.29, 0.717) is 11.1 Å². The molecule has 13 heavy (non-hydrogen) atoms. The van der Waals surface area contributed by atoms with Gasteiger partial charge in [-0.3, -0.25) is 14.9 Å². The Hall–Kier alpha value is -1.64. The zero-order valence-corrected chi connectivity index (χ0v) is 7.68. The lowest BCUT2D eigenvalue weighted by molar-refractivity contribution is -0.123. The molecule has 1 saturated heterocycles. The van der Waals surface area contributed by atoms with E-state index in [1.165, 1.54) is 0 Å². The molecule has 1 rings (SSSR count). The van der Waals surface area contributed by atoms with Gasteiger partial charge in [0.2, 0.25) is 0 Å². The summed E-state index contributed by atoms with van der Waals surface area (Å²) in [6.07, 6.45) is 3.23. The molecule has 0 aromatic heterocycles. The Balaban J connectivity index is 3.16. The molecular weight excluding hydrogens is 166 g/mol. The third kappa shape index (κ3) is 1.75. The van der Waals surface area contributed by atoms with Crippen LogP contribution in [0.5, 0.6) is 0 Å². The van der Waals surface area contributed by atoms with Crippen LogP contribution in [0.25, 0.3) is 0 Å². The molecule has 0 saturated carbocycles. The fraction of sp³-hybridized carbons (Fsp3) is 0.200. The van der Waals surface area contributed by atoms with Gasteiger partial charge in [-0.05, 0) is 19.9 Å². The summed E-state index contributed by atoms with van der Waals surface area (Å²) in [7, 11) is 0. The van der Waals surface area contributed by atoms with E-state index in [1.54, 1.807) is 26.0 Å². The predicted octanol–water partition coefficient (Wildman–Crippen LogP) is 1.09. The fourth-order valence-corrected chi connectivity index (χ4v) is 1.16. The number of rotatable bonds is 1. The first-order valence-corrected chi connectivity index (χ1v) is 3.96. The first-order valence-electron chi connectivity index (χ1n) is 3.96. The predicted molar refractivity (Wildman–Crippen MR) is 49.8 cm³/mol. The summed E-state index contributed by atoms with van der Waals surface area (Å²) in [6.45, 7) is 7.15. The Morgan fingerprint density at radius 3 is 2.31 bits per heavy atom. The van der Waals surface area contributed by atoms with Gasteiger partial charge in [-0.1, -0.05) is 18.2 Å². The third-order valence-electron chi connectivity index (χ3n) is 1.69. The van der Waals surface area contributed by atoms with Crippen LogP contribution in [-0.4, -0.2) is 11.8 Å². The number of nitrogens with one attached hydrogen (secondary N) is 1.